The van der Waals surface area contributed by atoms with Gasteiger partial charge >= 0.3 is 0 Å². The fourth-order valence-corrected chi connectivity index (χ4v) is 3.19. The number of nitrogens with one attached hydrogen (secondary N) is 1. The van der Waals surface area contributed by atoms with E-state index in [2.05, 4.69) is 24.4 Å². The Morgan fingerprint density at radius 2 is 2.29 bits per heavy atom. The Bertz CT molecular complexity index is 340. The molecule has 1 aliphatic heterocycles. The van der Waals surface area contributed by atoms with Gasteiger partial charge in [-0.3, -0.25) is 0 Å². The first-order chi connectivity index (χ1) is 6.74. The van der Waals surface area contributed by atoms with Crippen LogP contribution >= 0.6 is 11.8 Å². The molecule has 0 fully saturated rings. The molecule has 76 valence electrons. The summed E-state index contributed by atoms with van der Waals surface area (Å²) in [7, 11) is 1.90. The molecular weight excluding hydrogens is 194 g/mol. The van der Waals surface area contributed by atoms with Crippen molar-refractivity contribution in [1.82, 2.24) is 5.32 Å². The van der Waals surface area contributed by atoms with Crippen molar-refractivity contribution in [2.24, 2.45) is 0 Å². The average molecular weight is 209 g/mol. The van der Waals surface area contributed by atoms with E-state index in [1.54, 1.807) is 0 Å². The van der Waals surface area contributed by atoms with Crippen LogP contribution in [-0.4, -0.2) is 23.9 Å². The third-order valence-corrected chi connectivity index (χ3v) is 3.94. The lowest BCUT2D eigenvalue weighted by Crippen LogP contribution is -2.37. The van der Waals surface area contributed by atoms with Crippen molar-refractivity contribution in [3.8, 4) is 0 Å². The topological polar surface area (TPSA) is 32.3 Å². The second-order valence-electron chi connectivity index (χ2n) is 3.64. The summed E-state index contributed by atoms with van der Waals surface area (Å²) < 4.78 is 0. The van der Waals surface area contributed by atoms with Crippen LogP contribution in [0.25, 0.3) is 0 Å². The molecule has 0 radical (unpaired) electrons. The van der Waals surface area contributed by atoms with Crippen LogP contribution in [0.4, 0.5) is 0 Å². The molecular formula is C11H15NOS. The molecule has 0 aliphatic carbocycles. The molecule has 3 heteroatoms. The molecule has 0 saturated heterocycles. The van der Waals surface area contributed by atoms with Crippen LogP contribution in [0, 0.1) is 6.92 Å². The van der Waals surface area contributed by atoms with Gasteiger partial charge in [0, 0.05) is 16.7 Å². The third kappa shape index (κ3) is 1.56. The first-order valence-corrected chi connectivity index (χ1v) is 5.80. The first-order valence-electron chi connectivity index (χ1n) is 4.81. The summed E-state index contributed by atoms with van der Waals surface area (Å²) in [5.74, 6) is 0.939. The Labute approximate surface area is 88.7 Å². The summed E-state index contributed by atoms with van der Waals surface area (Å²) in [6.45, 7) is 2.06. The SMILES string of the molecule is CNC1CSc2cccc(C)c2C1O. The van der Waals surface area contributed by atoms with E-state index in [4.69, 9.17) is 0 Å². The summed E-state index contributed by atoms with van der Waals surface area (Å²) in [6, 6.07) is 6.37. The summed E-state index contributed by atoms with van der Waals surface area (Å²) in [5.41, 5.74) is 2.28. The second kappa shape index (κ2) is 3.93. The molecule has 2 nitrogen and oxygen atoms in total. The molecule has 0 amide bonds. The summed E-state index contributed by atoms with van der Waals surface area (Å²) in [4.78, 5) is 1.23. The molecule has 0 bridgehead atoms. The van der Waals surface area contributed by atoms with Crippen LogP contribution in [0.5, 0.6) is 0 Å². The lowest BCUT2D eigenvalue weighted by Gasteiger charge is -2.30. The van der Waals surface area contributed by atoms with E-state index in [-0.39, 0.29) is 12.1 Å². The highest BCUT2D eigenvalue weighted by molar-refractivity contribution is 7.99. The predicted molar refractivity (Wildman–Crippen MR) is 59.7 cm³/mol. The molecule has 0 saturated carbocycles. The van der Waals surface area contributed by atoms with E-state index >= 15 is 0 Å². The number of aliphatic hydroxyl groups excluding tert-OH is 1. The van der Waals surface area contributed by atoms with Crippen molar-refractivity contribution < 1.29 is 5.11 Å². The maximum absolute atomic E-state index is 10.1. The van der Waals surface area contributed by atoms with Gasteiger partial charge in [0.05, 0.1) is 6.10 Å². The quantitative estimate of drug-likeness (QED) is 0.738. The predicted octanol–water partition coefficient (Wildman–Crippen LogP) is 1.72. The van der Waals surface area contributed by atoms with Gasteiger partial charge in [-0.05, 0) is 31.2 Å². The van der Waals surface area contributed by atoms with E-state index in [1.807, 2.05) is 24.9 Å². The molecule has 2 rings (SSSR count). The summed E-state index contributed by atoms with van der Waals surface area (Å²) in [6.07, 6.45) is -0.363. The molecule has 0 spiro atoms. The maximum atomic E-state index is 10.1. The van der Waals surface area contributed by atoms with Crippen LogP contribution in [0.3, 0.4) is 0 Å². The first kappa shape index (κ1) is 10.0. The Morgan fingerprint density at radius 1 is 1.50 bits per heavy atom. The largest absolute Gasteiger partial charge is 0.387 e. The average Bonchev–Trinajstić information content (AvgIpc) is 2.18. The third-order valence-electron chi connectivity index (χ3n) is 2.75. The number of aliphatic hydroxyl groups is 1. The van der Waals surface area contributed by atoms with Crippen LogP contribution in [0.1, 0.15) is 17.2 Å². The van der Waals surface area contributed by atoms with Gasteiger partial charge in [0.25, 0.3) is 0 Å². The summed E-state index contributed by atoms with van der Waals surface area (Å²) in [5, 5.41) is 13.3. The van der Waals surface area contributed by atoms with Crippen molar-refractivity contribution in [2.45, 2.75) is 24.0 Å². The number of benzene rings is 1. The highest BCUT2D eigenvalue weighted by atomic mass is 32.2. The van der Waals surface area contributed by atoms with Gasteiger partial charge in [-0.2, -0.15) is 0 Å². The number of fused-ring (bicyclic) bond motifs is 1. The maximum Gasteiger partial charge on any atom is 0.0964 e. The minimum Gasteiger partial charge on any atom is -0.387 e. The van der Waals surface area contributed by atoms with Gasteiger partial charge in [-0.1, -0.05) is 12.1 Å². The van der Waals surface area contributed by atoms with Crippen LogP contribution in [-0.2, 0) is 0 Å². The Balaban J connectivity index is 2.43. The zero-order valence-electron chi connectivity index (χ0n) is 8.45. The molecule has 1 aliphatic rings. The smallest absolute Gasteiger partial charge is 0.0964 e. The van der Waals surface area contributed by atoms with Gasteiger partial charge in [-0.15, -0.1) is 11.8 Å². The monoisotopic (exact) mass is 209 g/mol. The van der Waals surface area contributed by atoms with E-state index < -0.39 is 0 Å². The molecule has 1 heterocycles. The molecule has 2 unspecified atom stereocenters. The number of hydrogen-bond acceptors (Lipinski definition) is 3. The Kier molecular flexibility index (Phi) is 2.81. The van der Waals surface area contributed by atoms with Crippen molar-refractivity contribution in [1.29, 1.82) is 0 Å². The van der Waals surface area contributed by atoms with Gasteiger partial charge in [-0.25, -0.2) is 0 Å². The standard InChI is InChI=1S/C11H15NOS/c1-7-4-3-5-9-10(7)11(13)8(12-2)6-14-9/h3-5,8,11-13H,6H2,1-2H3. The van der Waals surface area contributed by atoms with Gasteiger partial charge in [0.1, 0.15) is 0 Å². The molecule has 14 heavy (non-hydrogen) atoms. The highest BCUT2D eigenvalue weighted by Gasteiger charge is 2.28. The van der Waals surface area contributed by atoms with E-state index in [0.29, 0.717) is 0 Å². The van der Waals surface area contributed by atoms with Crippen LogP contribution in [0.2, 0.25) is 0 Å². The zero-order chi connectivity index (χ0) is 10.1. The normalized spacial score (nSPS) is 25.9. The fraction of sp³-hybridized carbons (Fsp3) is 0.455. The minimum atomic E-state index is -0.363. The van der Waals surface area contributed by atoms with Crippen LogP contribution < -0.4 is 5.32 Å². The number of thioether (sulfide) groups is 1. The number of aryl methyl sites for hydroxylation is 1. The van der Waals surface area contributed by atoms with Crippen molar-refractivity contribution >= 4 is 11.8 Å². The highest BCUT2D eigenvalue weighted by Crippen LogP contribution is 2.37. The number of rotatable bonds is 1. The lowest BCUT2D eigenvalue weighted by molar-refractivity contribution is 0.136. The Morgan fingerprint density at radius 3 is 3.00 bits per heavy atom. The second-order valence-corrected chi connectivity index (χ2v) is 4.70. The Hall–Kier alpha value is -0.510. The van der Waals surface area contributed by atoms with Crippen LogP contribution in [0.15, 0.2) is 23.1 Å². The van der Waals surface area contributed by atoms with Crippen molar-refractivity contribution in [2.75, 3.05) is 12.8 Å². The fourth-order valence-electron chi connectivity index (χ4n) is 1.87. The molecule has 2 atom stereocenters. The molecule has 1 aromatic rings. The van der Waals surface area contributed by atoms with Gasteiger partial charge in [0.2, 0.25) is 0 Å². The summed E-state index contributed by atoms with van der Waals surface area (Å²) >= 11 is 1.82. The molecule has 2 N–H and O–H groups in total. The van der Waals surface area contributed by atoms with Crippen molar-refractivity contribution in [3.05, 3.63) is 29.3 Å². The molecule has 1 aromatic carbocycles. The van der Waals surface area contributed by atoms with Gasteiger partial charge in [0.15, 0.2) is 0 Å². The zero-order valence-corrected chi connectivity index (χ0v) is 9.27. The van der Waals surface area contributed by atoms with Gasteiger partial charge < -0.3 is 10.4 Å². The molecule has 0 aromatic heterocycles. The van der Waals surface area contributed by atoms with E-state index in [1.165, 1.54) is 10.5 Å². The van der Waals surface area contributed by atoms with Crippen molar-refractivity contribution in [3.63, 3.8) is 0 Å². The number of hydrogen-bond donors (Lipinski definition) is 2. The number of likely N-dealkylation sites (N-methyl/N-ethyl adjacent to an activating group) is 1. The minimum absolute atomic E-state index is 0.175. The van der Waals surface area contributed by atoms with E-state index in [0.717, 1.165) is 11.3 Å². The lowest BCUT2D eigenvalue weighted by atomic mass is 9.98. The van der Waals surface area contributed by atoms with E-state index in [9.17, 15) is 5.11 Å².